The van der Waals surface area contributed by atoms with Crippen LogP contribution in [-0.4, -0.2) is 86.9 Å². The Morgan fingerprint density at radius 3 is 2.77 bits per heavy atom. The van der Waals surface area contributed by atoms with Crippen LogP contribution in [0.4, 0.5) is 0 Å². The number of H-pyrrole nitrogens is 1. The molecule has 0 radical (unpaired) electrons. The first-order valence-corrected chi connectivity index (χ1v) is 12.0. The Kier molecular flexibility index (Phi) is 6.78. The molecule has 1 aliphatic heterocycles. The molecular formula is C26H30N8O. The van der Waals surface area contributed by atoms with Crippen molar-refractivity contribution < 1.29 is 4.79 Å². The molecule has 4 aromatic heterocycles. The van der Waals surface area contributed by atoms with Gasteiger partial charge < -0.3 is 20.1 Å². The zero-order valence-electron chi connectivity index (χ0n) is 20.2. The number of pyridine rings is 2. The van der Waals surface area contributed by atoms with Crippen LogP contribution in [0.25, 0.3) is 33.8 Å². The summed E-state index contributed by atoms with van der Waals surface area (Å²) in [7, 11) is 2.16. The third-order valence-electron chi connectivity index (χ3n) is 6.34. The number of likely N-dealkylation sites (N-methyl/N-ethyl adjacent to an activating group) is 1. The lowest BCUT2D eigenvalue weighted by Crippen LogP contribution is -2.45. The van der Waals surface area contributed by atoms with Gasteiger partial charge in [-0.2, -0.15) is 0 Å². The summed E-state index contributed by atoms with van der Waals surface area (Å²) < 4.78 is 0. The molecule has 5 heterocycles. The number of fused-ring (bicyclic) bond motifs is 1. The molecule has 1 amide bonds. The monoisotopic (exact) mass is 470 g/mol. The molecule has 4 aromatic rings. The van der Waals surface area contributed by atoms with Gasteiger partial charge in [-0.3, -0.25) is 9.78 Å². The van der Waals surface area contributed by atoms with E-state index in [2.05, 4.69) is 42.1 Å². The quantitative estimate of drug-likeness (QED) is 0.400. The van der Waals surface area contributed by atoms with Gasteiger partial charge in [0.25, 0.3) is 5.91 Å². The minimum absolute atomic E-state index is 0.127. The lowest BCUT2D eigenvalue weighted by Gasteiger charge is -2.32. The molecule has 0 saturated carbocycles. The molecule has 0 spiro atoms. The van der Waals surface area contributed by atoms with Crippen molar-refractivity contribution in [3.05, 3.63) is 60.2 Å². The largest absolute Gasteiger partial charge is 0.352 e. The SMILES string of the molecule is Cc1cccc(-c2nc(-c3cncc(C(=O)NCCCN4CCN(C)CC4)c3)c3cc[nH]c3n2)n1. The molecule has 0 aromatic carbocycles. The summed E-state index contributed by atoms with van der Waals surface area (Å²) >= 11 is 0. The number of carbonyl (C=O) groups is 1. The third kappa shape index (κ3) is 5.36. The second-order valence-electron chi connectivity index (χ2n) is 9.02. The van der Waals surface area contributed by atoms with Gasteiger partial charge in [0.2, 0.25) is 0 Å². The molecule has 0 aliphatic carbocycles. The van der Waals surface area contributed by atoms with E-state index in [1.165, 1.54) is 0 Å². The van der Waals surface area contributed by atoms with E-state index in [0.717, 1.165) is 55.8 Å². The lowest BCUT2D eigenvalue weighted by molar-refractivity contribution is 0.0949. The van der Waals surface area contributed by atoms with Crippen LogP contribution in [0.3, 0.4) is 0 Å². The first-order valence-electron chi connectivity index (χ1n) is 12.0. The van der Waals surface area contributed by atoms with Crippen molar-refractivity contribution in [2.75, 3.05) is 46.3 Å². The standard InChI is InChI=1S/C26H30N8O/c1-18-5-3-6-22(30-18)25-31-23(21-7-9-28-24(21)32-25)19-15-20(17-27-16-19)26(35)29-8-4-10-34-13-11-33(2)12-14-34/h3,5-7,9,15-17H,4,8,10-14H2,1-2H3,(H,29,35)(H,28,31,32). The highest BCUT2D eigenvalue weighted by molar-refractivity contribution is 5.97. The molecule has 1 saturated heterocycles. The molecular weight excluding hydrogens is 440 g/mol. The smallest absolute Gasteiger partial charge is 0.252 e. The Bertz CT molecular complexity index is 1330. The van der Waals surface area contributed by atoms with Gasteiger partial charge in [-0.1, -0.05) is 6.07 Å². The summed E-state index contributed by atoms with van der Waals surface area (Å²) in [4.78, 5) is 39.2. The number of piperazine rings is 1. The summed E-state index contributed by atoms with van der Waals surface area (Å²) in [6.45, 7) is 7.94. The van der Waals surface area contributed by atoms with E-state index in [9.17, 15) is 4.79 Å². The van der Waals surface area contributed by atoms with Crippen molar-refractivity contribution in [3.63, 3.8) is 0 Å². The number of aromatic amines is 1. The number of carbonyl (C=O) groups excluding carboxylic acids is 1. The van der Waals surface area contributed by atoms with Gasteiger partial charge in [0, 0.05) is 68.0 Å². The van der Waals surface area contributed by atoms with Crippen molar-refractivity contribution in [3.8, 4) is 22.8 Å². The average molecular weight is 471 g/mol. The van der Waals surface area contributed by atoms with Gasteiger partial charge in [0.05, 0.1) is 11.3 Å². The fraction of sp³-hybridized carbons (Fsp3) is 0.346. The number of rotatable bonds is 7. The van der Waals surface area contributed by atoms with Crippen LogP contribution in [0.15, 0.2) is 48.9 Å². The molecule has 1 aliphatic rings. The van der Waals surface area contributed by atoms with Crippen LogP contribution in [0.1, 0.15) is 22.5 Å². The minimum Gasteiger partial charge on any atom is -0.352 e. The van der Waals surface area contributed by atoms with Crippen molar-refractivity contribution in [2.24, 2.45) is 0 Å². The zero-order chi connectivity index (χ0) is 24.2. The highest BCUT2D eigenvalue weighted by Crippen LogP contribution is 2.28. The fourth-order valence-corrected chi connectivity index (χ4v) is 4.32. The van der Waals surface area contributed by atoms with E-state index < -0.39 is 0 Å². The van der Waals surface area contributed by atoms with E-state index in [1.54, 1.807) is 12.4 Å². The Hall–Kier alpha value is -3.69. The molecule has 9 heteroatoms. The Balaban J connectivity index is 1.31. The second-order valence-corrected chi connectivity index (χ2v) is 9.02. The maximum absolute atomic E-state index is 12.8. The summed E-state index contributed by atoms with van der Waals surface area (Å²) in [6, 6.07) is 9.55. The predicted octanol–water partition coefficient (Wildman–Crippen LogP) is 2.76. The van der Waals surface area contributed by atoms with Crippen molar-refractivity contribution in [1.82, 2.24) is 40.0 Å². The zero-order valence-corrected chi connectivity index (χ0v) is 20.2. The minimum atomic E-state index is -0.127. The summed E-state index contributed by atoms with van der Waals surface area (Å²) in [6.07, 6.45) is 6.08. The van der Waals surface area contributed by atoms with Crippen LogP contribution < -0.4 is 5.32 Å². The van der Waals surface area contributed by atoms with Gasteiger partial charge in [0.15, 0.2) is 5.82 Å². The highest BCUT2D eigenvalue weighted by Gasteiger charge is 2.16. The van der Waals surface area contributed by atoms with Crippen LogP contribution in [0.2, 0.25) is 0 Å². The number of amides is 1. The van der Waals surface area contributed by atoms with E-state index in [0.29, 0.717) is 35.0 Å². The maximum Gasteiger partial charge on any atom is 0.252 e. The highest BCUT2D eigenvalue weighted by atomic mass is 16.1. The van der Waals surface area contributed by atoms with Gasteiger partial charge in [-0.15, -0.1) is 0 Å². The molecule has 180 valence electrons. The molecule has 1 fully saturated rings. The number of nitrogens with one attached hydrogen (secondary N) is 2. The van der Waals surface area contributed by atoms with Crippen LogP contribution in [0, 0.1) is 6.92 Å². The maximum atomic E-state index is 12.8. The van der Waals surface area contributed by atoms with Crippen molar-refractivity contribution >= 4 is 16.9 Å². The molecule has 35 heavy (non-hydrogen) atoms. The van der Waals surface area contributed by atoms with Crippen molar-refractivity contribution in [2.45, 2.75) is 13.3 Å². The van der Waals surface area contributed by atoms with E-state index in [-0.39, 0.29) is 5.91 Å². The number of hydrogen-bond donors (Lipinski definition) is 2. The van der Waals surface area contributed by atoms with E-state index in [4.69, 9.17) is 4.98 Å². The molecule has 0 unspecified atom stereocenters. The first kappa shape index (κ1) is 23.1. The van der Waals surface area contributed by atoms with Crippen LogP contribution in [-0.2, 0) is 0 Å². The summed E-state index contributed by atoms with van der Waals surface area (Å²) in [5, 5.41) is 3.91. The van der Waals surface area contributed by atoms with Crippen molar-refractivity contribution in [1.29, 1.82) is 0 Å². The topological polar surface area (TPSA) is 103 Å². The number of hydrogen-bond acceptors (Lipinski definition) is 7. The number of aryl methyl sites for hydroxylation is 1. The number of aromatic nitrogens is 5. The van der Waals surface area contributed by atoms with Gasteiger partial charge in [-0.25, -0.2) is 15.0 Å². The third-order valence-corrected chi connectivity index (χ3v) is 6.34. The molecule has 0 bridgehead atoms. The number of nitrogens with zero attached hydrogens (tertiary/aromatic N) is 6. The molecule has 5 rings (SSSR count). The predicted molar refractivity (Wildman–Crippen MR) is 136 cm³/mol. The molecule has 2 N–H and O–H groups in total. The molecule has 9 nitrogen and oxygen atoms in total. The lowest BCUT2D eigenvalue weighted by atomic mass is 10.1. The summed E-state index contributed by atoms with van der Waals surface area (Å²) in [5.74, 6) is 0.398. The first-order chi connectivity index (χ1) is 17.1. The van der Waals surface area contributed by atoms with Crippen LogP contribution in [0.5, 0.6) is 0 Å². The fourth-order valence-electron chi connectivity index (χ4n) is 4.32. The van der Waals surface area contributed by atoms with E-state index in [1.807, 2.05) is 43.5 Å². The van der Waals surface area contributed by atoms with E-state index >= 15 is 0 Å². The normalized spacial score (nSPS) is 14.9. The average Bonchev–Trinajstić information content (AvgIpc) is 3.36. The Morgan fingerprint density at radius 1 is 1.09 bits per heavy atom. The summed E-state index contributed by atoms with van der Waals surface area (Å²) in [5.41, 5.74) is 4.30. The Labute approximate surface area is 204 Å². The van der Waals surface area contributed by atoms with Gasteiger partial charge >= 0.3 is 0 Å². The Morgan fingerprint density at radius 2 is 1.94 bits per heavy atom. The van der Waals surface area contributed by atoms with Gasteiger partial charge in [0.1, 0.15) is 11.3 Å². The molecule has 0 atom stereocenters. The second kappa shape index (κ2) is 10.3. The van der Waals surface area contributed by atoms with Gasteiger partial charge in [-0.05, 0) is 51.2 Å². The van der Waals surface area contributed by atoms with Crippen LogP contribution >= 0.6 is 0 Å².